The van der Waals surface area contributed by atoms with Gasteiger partial charge in [-0.3, -0.25) is 0 Å². The number of rotatable bonds is 5. The van der Waals surface area contributed by atoms with Gasteiger partial charge in [-0.1, -0.05) is 30.3 Å². The van der Waals surface area contributed by atoms with E-state index in [2.05, 4.69) is 24.0 Å². The Labute approximate surface area is 118 Å². The normalized spacial score (nSPS) is 12.2. The lowest BCUT2D eigenvalue weighted by Gasteiger charge is -2.25. The molecule has 2 aromatic rings. The molecule has 0 aliphatic rings. The Hall–Kier alpha value is -1.54. The van der Waals surface area contributed by atoms with Gasteiger partial charge in [-0.05, 0) is 36.8 Å². The molecule has 0 saturated heterocycles. The molecule has 100 valence electrons. The first-order valence-electron chi connectivity index (χ1n) is 6.40. The van der Waals surface area contributed by atoms with Crippen LogP contribution in [0.1, 0.15) is 17.9 Å². The molecule has 0 saturated carbocycles. The van der Waals surface area contributed by atoms with Crippen LogP contribution in [0, 0.1) is 5.82 Å². The second kappa shape index (κ2) is 6.58. The van der Waals surface area contributed by atoms with E-state index in [-0.39, 0.29) is 11.2 Å². The topological polar surface area (TPSA) is 3.24 Å². The van der Waals surface area contributed by atoms with Gasteiger partial charge in [0.15, 0.2) is 0 Å². The molecule has 1 unspecified atom stereocenters. The van der Waals surface area contributed by atoms with Crippen molar-refractivity contribution in [3.63, 3.8) is 0 Å². The van der Waals surface area contributed by atoms with E-state index in [1.165, 1.54) is 12.1 Å². The number of hydrogen-bond donors (Lipinski definition) is 0. The van der Waals surface area contributed by atoms with Gasteiger partial charge in [-0.15, -0.1) is 11.6 Å². The minimum absolute atomic E-state index is 0.152. The van der Waals surface area contributed by atoms with Gasteiger partial charge in [-0.2, -0.15) is 0 Å². The smallest absolute Gasteiger partial charge is 0.123 e. The predicted octanol–water partition coefficient (Wildman–Crippen LogP) is 4.63. The van der Waals surface area contributed by atoms with Crippen molar-refractivity contribution in [2.75, 3.05) is 18.0 Å². The number of anilines is 1. The molecule has 2 rings (SSSR count). The summed E-state index contributed by atoms with van der Waals surface area (Å²) in [5.74, 6) is -0.233. The second-order valence-electron chi connectivity index (χ2n) is 4.39. The van der Waals surface area contributed by atoms with Gasteiger partial charge in [0.1, 0.15) is 5.82 Å². The van der Waals surface area contributed by atoms with Crippen molar-refractivity contribution in [2.45, 2.75) is 12.3 Å². The second-order valence-corrected chi connectivity index (χ2v) is 4.92. The molecule has 0 heterocycles. The quantitative estimate of drug-likeness (QED) is 0.720. The van der Waals surface area contributed by atoms with E-state index >= 15 is 0 Å². The summed E-state index contributed by atoms with van der Waals surface area (Å²) in [6.07, 6.45) is 0. The minimum Gasteiger partial charge on any atom is -0.370 e. The van der Waals surface area contributed by atoms with E-state index in [9.17, 15) is 4.39 Å². The van der Waals surface area contributed by atoms with Crippen molar-refractivity contribution >= 4 is 17.3 Å². The van der Waals surface area contributed by atoms with Crippen LogP contribution in [-0.2, 0) is 0 Å². The van der Waals surface area contributed by atoms with Crippen LogP contribution in [0.3, 0.4) is 0 Å². The molecule has 3 heteroatoms. The molecule has 1 atom stereocenters. The first kappa shape index (κ1) is 13.9. The van der Waals surface area contributed by atoms with Crippen molar-refractivity contribution in [3.8, 4) is 0 Å². The largest absolute Gasteiger partial charge is 0.370 e. The van der Waals surface area contributed by atoms with E-state index in [0.29, 0.717) is 6.54 Å². The Morgan fingerprint density at radius 2 is 1.68 bits per heavy atom. The van der Waals surface area contributed by atoms with E-state index in [4.69, 9.17) is 11.6 Å². The number of hydrogen-bond acceptors (Lipinski definition) is 1. The summed E-state index contributed by atoms with van der Waals surface area (Å²) in [6.45, 7) is 3.68. The van der Waals surface area contributed by atoms with Crippen LogP contribution in [0.15, 0.2) is 54.6 Å². The van der Waals surface area contributed by atoms with Crippen LogP contribution in [0.5, 0.6) is 0 Å². The summed E-state index contributed by atoms with van der Waals surface area (Å²) < 4.78 is 12.9. The fourth-order valence-corrected chi connectivity index (χ4v) is 2.34. The lowest BCUT2D eigenvalue weighted by molar-refractivity contribution is 0.626. The van der Waals surface area contributed by atoms with Crippen molar-refractivity contribution in [2.24, 2.45) is 0 Å². The maximum absolute atomic E-state index is 12.9. The number of para-hydroxylation sites is 1. The zero-order valence-electron chi connectivity index (χ0n) is 10.9. The standard InChI is InChI=1S/C16H17ClFN/c1-2-19(15-6-4-3-5-7-15)12-16(17)13-8-10-14(18)11-9-13/h3-11,16H,2,12H2,1H3. The van der Waals surface area contributed by atoms with Crippen LogP contribution < -0.4 is 4.90 Å². The van der Waals surface area contributed by atoms with Gasteiger partial charge in [0.05, 0.1) is 5.38 Å². The summed E-state index contributed by atoms with van der Waals surface area (Å²) >= 11 is 6.42. The van der Waals surface area contributed by atoms with Gasteiger partial charge in [-0.25, -0.2) is 4.39 Å². The molecule has 0 radical (unpaired) electrons. The van der Waals surface area contributed by atoms with Gasteiger partial charge < -0.3 is 4.90 Å². The fraction of sp³-hybridized carbons (Fsp3) is 0.250. The molecular weight excluding hydrogens is 261 g/mol. The van der Waals surface area contributed by atoms with Crippen LogP contribution in [0.2, 0.25) is 0 Å². The zero-order valence-corrected chi connectivity index (χ0v) is 11.6. The SMILES string of the molecule is CCN(CC(Cl)c1ccc(F)cc1)c1ccccc1. The third kappa shape index (κ3) is 3.71. The molecule has 0 N–H and O–H groups in total. The van der Waals surface area contributed by atoms with Crippen LogP contribution in [0.25, 0.3) is 0 Å². The Kier molecular flexibility index (Phi) is 4.80. The fourth-order valence-electron chi connectivity index (χ4n) is 2.03. The number of benzene rings is 2. The zero-order chi connectivity index (χ0) is 13.7. The lowest BCUT2D eigenvalue weighted by atomic mass is 10.1. The van der Waals surface area contributed by atoms with Crippen LogP contribution in [0.4, 0.5) is 10.1 Å². The van der Waals surface area contributed by atoms with Crippen molar-refractivity contribution in [1.82, 2.24) is 0 Å². The molecule has 2 aromatic carbocycles. The predicted molar refractivity (Wildman–Crippen MR) is 79.3 cm³/mol. The molecule has 0 fully saturated rings. The number of alkyl halides is 1. The summed E-state index contributed by atoms with van der Waals surface area (Å²) in [4.78, 5) is 2.21. The first-order chi connectivity index (χ1) is 9.20. The average Bonchev–Trinajstić information content (AvgIpc) is 2.46. The first-order valence-corrected chi connectivity index (χ1v) is 6.84. The van der Waals surface area contributed by atoms with Crippen molar-refractivity contribution in [1.29, 1.82) is 0 Å². The highest BCUT2D eigenvalue weighted by molar-refractivity contribution is 6.21. The number of likely N-dealkylation sites (N-methyl/N-ethyl adjacent to an activating group) is 1. The van der Waals surface area contributed by atoms with Crippen molar-refractivity contribution in [3.05, 3.63) is 66.0 Å². The number of halogens is 2. The molecular formula is C16H17ClFN. The minimum atomic E-state index is -0.233. The van der Waals surface area contributed by atoms with Gasteiger partial charge in [0, 0.05) is 18.8 Å². The molecule has 0 aromatic heterocycles. The van der Waals surface area contributed by atoms with Crippen LogP contribution >= 0.6 is 11.6 Å². The summed E-state index contributed by atoms with van der Waals surface area (Å²) in [7, 11) is 0. The molecule has 0 amide bonds. The lowest BCUT2D eigenvalue weighted by Crippen LogP contribution is -2.26. The highest BCUT2D eigenvalue weighted by Crippen LogP contribution is 2.24. The third-order valence-corrected chi connectivity index (χ3v) is 3.51. The monoisotopic (exact) mass is 277 g/mol. The summed E-state index contributed by atoms with van der Waals surface area (Å²) in [5.41, 5.74) is 2.09. The Morgan fingerprint density at radius 3 is 2.26 bits per heavy atom. The molecule has 0 aliphatic heterocycles. The van der Waals surface area contributed by atoms with E-state index < -0.39 is 0 Å². The molecule has 1 nitrogen and oxygen atoms in total. The Bertz CT molecular complexity index is 498. The number of nitrogens with zero attached hydrogens (tertiary/aromatic N) is 1. The van der Waals surface area contributed by atoms with E-state index in [1.54, 1.807) is 12.1 Å². The van der Waals surface area contributed by atoms with Crippen molar-refractivity contribution < 1.29 is 4.39 Å². The highest BCUT2D eigenvalue weighted by atomic mass is 35.5. The molecule has 0 bridgehead atoms. The summed E-state index contributed by atoms with van der Waals surface area (Å²) in [6, 6.07) is 16.5. The Balaban J connectivity index is 2.08. The third-order valence-electron chi connectivity index (χ3n) is 3.12. The van der Waals surface area contributed by atoms with E-state index in [0.717, 1.165) is 17.8 Å². The maximum atomic E-state index is 12.9. The molecule has 0 spiro atoms. The summed E-state index contributed by atoms with van der Waals surface area (Å²) in [5, 5.41) is -0.152. The maximum Gasteiger partial charge on any atom is 0.123 e. The molecule has 19 heavy (non-hydrogen) atoms. The highest BCUT2D eigenvalue weighted by Gasteiger charge is 2.13. The average molecular weight is 278 g/mol. The van der Waals surface area contributed by atoms with Gasteiger partial charge in [0.2, 0.25) is 0 Å². The van der Waals surface area contributed by atoms with Gasteiger partial charge >= 0.3 is 0 Å². The molecule has 0 aliphatic carbocycles. The Morgan fingerprint density at radius 1 is 1.05 bits per heavy atom. The van der Waals surface area contributed by atoms with Crippen LogP contribution in [-0.4, -0.2) is 13.1 Å². The van der Waals surface area contributed by atoms with Gasteiger partial charge in [0.25, 0.3) is 0 Å². The van der Waals surface area contributed by atoms with E-state index in [1.807, 2.05) is 18.2 Å².